The van der Waals surface area contributed by atoms with Crippen molar-refractivity contribution in [3.05, 3.63) is 42.0 Å². The van der Waals surface area contributed by atoms with Gasteiger partial charge in [-0.25, -0.2) is 9.97 Å². The van der Waals surface area contributed by atoms with Gasteiger partial charge in [0.05, 0.1) is 12.2 Å². The number of carboxylic acid groups (broad SMARTS) is 1. The summed E-state index contributed by atoms with van der Waals surface area (Å²) in [6, 6.07) is 5.94. The van der Waals surface area contributed by atoms with Crippen molar-refractivity contribution in [1.29, 1.82) is 0 Å². The summed E-state index contributed by atoms with van der Waals surface area (Å²) in [5, 5.41) is 10.2. The van der Waals surface area contributed by atoms with E-state index >= 15 is 0 Å². The summed E-state index contributed by atoms with van der Waals surface area (Å²) < 4.78 is 0. The Morgan fingerprint density at radius 1 is 1.36 bits per heavy atom. The maximum atomic E-state index is 8.36. The Kier molecular flexibility index (Phi) is 7.32. The molecule has 2 aromatic rings. The van der Waals surface area contributed by atoms with E-state index in [9.17, 15) is 0 Å². The fourth-order valence-electron chi connectivity index (χ4n) is 1.69. The van der Waals surface area contributed by atoms with Gasteiger partial charge < -0.3 is 15.3 Å². The predicted molar refractivity (Wildman–Crippen MR) is 86.0 cm³/mol. The molecule has 2 heterocycles. The lowest BCUT2D eigenvalue weighted by Gasteiger charge is -2.16. The number of rotatable bonds is 5. The van der Waals surface area contributed by atoms with Gasteiger partial charge in [-0.3, -0.25) is 9.78 Å². The highest BCUT2D eigenvalue weighted by Crippen LogP contribution is 2.13. The van der Waals surface area contributed by atoms with Gasteiger partial charge in [-0.1, -0.05) is 6.07 Å². The van der Waals surface area contributed by atoms with E-state index in [0.717, 1.165) is 23.9 Å². The molecule has 7 heteroatoms. The SMILES string of the molecule is CCN(C)c1cc(NCc2ncccc2C)ncn1.O=CO. The highest BCUT2D eigenvalue weighted by atomic mass is 16.3. The minimum Gasteiger partial charge on any atom is -0.483 e. The van der Waals surface area contributed by atoms with Crippen LogP contribution in [0.2, 0.25) is 0 Å². The smallest absolute Gasteiger partial charge is 0.290 e. The first-order valence-electron chi connectivity index (χ1n) is 6.87. The van der Waals surface area contributed by atoms with E-state index in [1.165, 1.54) is 5.56 Å². The molecule has 0 saturated carbocycles. The van der Waals surface area contributed by atoms with Crippen LogP contribution in [0.4, 0.5) is 11.6 Å². The molecule has 2 rings (SSSR count). The summed E-state index contributed by atoms with van der Waals surface area (Å²) in [4.78, 5) is 23.2. The molecule has 0 amide bonds. The number of carbonyl (C=O) groups is 1. The standard InChI is InChI=1S/C14H19N5.CH2O2/c1-4-19(3)14-8-13(17-10-18-14)16-9-12-11(2)6-5-7-15-12;2-1-3/h5-8,10H,4,9H2,1-3H3,(H,16,17,18);1H,(H,2,3). The lowest BCUT2D eigenvalue weighted by Crippen LogP contribution is -2.17. The Morgan fingerprint density at radius 2 is 2.09 bits per heavy atom. The third-order valence-corrected chi connectivity index (χ3v) is 3.07. The van der Waals surface area contributed by atoms with Crippen molar-refractivity contribution in [1.82, 2.24) is 15.0 Å². The topological polar surface area (TPSA) is 91.2 Å². The quantitative estimate of drug-likeness (QED) is 0.816. The highest BCUT2D eigenvalue weighted by Gasteiger charge is 2.03. The predicted octanol–water partition coefficient (Wildman–Crippen LogP) is 1.95. The Labute approximate surface area is 130 Å². The number of nitrogens with zero attached hydrogens (tertiary/aromatic N) is 4. The summed E-state index contributed by atoms with van der Waals surface area (Å²) in [7, 11) is 2.01. The second-order valence-electron chi connectivity index (χ2n) is 4.50. The summed E-state index contributed by atoms with van der Waals surface area (Å²) in [6.45, 7) is 5.47. The molecule has 118 valence electrons. The maximum absolute atomic E-state index is 8.36. The van der Waals surface area contributed by atoms with Gasteiger partial charge >= 0.3 is 0 Å². The molecule has 0 bridgehead atoms. The van der Waals surface area contributed by atoms with Crippen LogP contribution in [0, 0.1) is 6.92 Å². The average molecular weight is 303 g/mol. The Hall–Kier alpha value is -2.70. The van der Waals surface area contributed by atoms with E-state index in [1.807, 2.05) is 19.2 Å². The Bertz CT molecular complexity index is 592. The Balaban J connectivity index is 0.000000745. The van der Waals surface area contributed by atoms with Crippen molar-refractivity contribution in [3.8, 4) is 0 Å². The van der Waals surface area contributed by atoms with Crippen molar-refractivity contribution >= 4 is 18.1 Å². The largest absolute Gasteiger partial charge is 0.483 e. The zero-order valence-electron chi connectivity index (χ0n) is 13.0. The van der Waals surface area contributed by atoms with Crippen molar-refractivity contribution in [3.63, 3.8) is 0 Å². The van der Waals surface area contributed by atoms with Crippen molar-refractivity contribution in [2.24, 2.45) is 0 Å². The van der Waals surface area contributed by atoms with Crippen LogP contribution in [0.15, 0.2) is 30.7 Å². The molecule has 0 radical (unpaired) electrons. The lowest BCUT2D eigenvalue weighted by molar-refractivity contribution is -0.122. The van der Waals surface area contributed by atoms with E-state index in [0.29, 0.717) is 6.54 Å². The molecular weight excluding hydrogens is 282 g/mol. The van der Waals surface area contributed by atoms with Gasteiger partial charge in [0.1, 0.15) is 18.0 Å². The monoisotopic (exact) mass is 303 g/mol. The second-order valence-corrected chi connectivity index (χ2v) is 4.50. The molecule has 0 atom stereocenters. The minimum absolute atomic E-state index is 0.250. The van der Waals surface area contributed by atoms with Gasteiger partial charge in [-0.15, -0.1) is 0 Å². The van der Waals surface area contributed by atoms with E-state index < -0.39 is 0 Å². The third kappa shape index (κ3) is 5.35. The van der Waals surface area contributed by atoms with Crippen LogP contribution in [0.3, 0.4) is 0 Å². The number of anilines is 2. The number of nitrogens with one attached hydrogen (secondary N) is 1. The second kappa shape index (κ2) is 9.28. The molecule has 0 unspecified atom stereocenters. The van der Waals surface area contributed by atoms with Gasteiger partial charge in [-0.05, 0) is 25.5 Å². The molecule has 0 aliphatic heterocycles. The average Bonchev–Trinajstić information content (AvgIpc) is 2.54. The number of aromatic nitrogens is 3. The molecule has 2 aromatic heterocycles. The molecule has 0 aromatic carbocycles. The normalized spacial score (nSPS) is 9.41. The summed E-state index contributed by atoms with van der Waals surface area (Å²) in [5.41, 5.74) is 2.21. The fraction of sp³-hybridized carbons (Fsp3) is 0.333. The molecule has 0 saturated heterocycles. The van der Waals surface area contributed by atoms with Crippen LogP contribution in [-0.4, -0.2) is 40.1 Å². The van der Waals surface area contributed by atoms with Gasteiger partial charge in [0.2, 0.25) is 0 Å². The van der Waals surface area contributed by atoms with Crippen LogP contribution in [0.25, 0.3) is 0 Å². The van der Waals surface area contributed by atoms with E-state index in [1.54, 1.807) is 12.5 Å². The number of hydrogen-bond donors (Lipinski definition) is 2. The minimum atomic E-state index is -0.250. The van der Waals surface area contributed by atoms with Gasteiger partial charge in [0.25, 0.3) is 6.47 Å². The van der Waals surface area contributed by atoms with E-state index in [-0.39, 0.29) is 6.47 Å². The van der Waals surface area contributed by atoms with Crippen molar-refractivity contribution in [2.45, 2.75) is 20.4 Å². The lowest BCUT2D eigenvalue weighted by atomic mass is 10.2. The van der Waals surface area contributed by atoms with Gasteiger partial charge in [0, 0.05) is 25.9 Å². The first-order chi connectivity index (χ1) is 10.6. The molecule has 0 aliphatic carbocycles. The van der Waals surface area contributed by atoms with Crippen LogP contribution in [-0.2, 0) is 11.3 Å². The van der Waals surface area contributed by atoms with Crippen LogP contribution in [0.5, 0.6) is 0 Å². The fourth-order valence-corrected chi connectivity index (χ4v) is 1.69. The van der Waals surface area contributed by atoms with Crippen LogP contribution in [0.1, 0.15) is 18.2 Å². The zero-order valence-corrected chi connectivity index (χ0v) is 13.0. The summed E-state index contributed by atoms with van der Waals surface area (Å²) in [6.07, 6.45) is 3.38. The van der Waals surface area contributed by atoms with Crippen LogP contribution < -0.4 is 10.2 Å². The zero-order chi connectivity index (χ0) is 16.4. The Morgan fingerprint density at radius 3 is 2.73 bits per heavy atom. The van der Waals surface area contributed by atoms with E-state index in [4.69, 9.17) is 9.90 Å². The summed E-state index contributed by atoms with van der Waals surface area (Å²) in [5.74, 6) is 1.73. The maximum Gasteiger partial charge on any atom is 0.290 e. The first kappa shape index (κ1) is 17.4. The first-order valence-corrected chi connectivity index (χ1v) is 6.87. The molecule has 22 heavy (non-hydrogen) atoms. The number of hydrogen-bond acceptors (Lipinski definition) is 6. The molecule has 0 spiro atoms. The van der Waals surface area contributed by atoms with Crippen LogP contribution >= 0.6 is 0 Å². The third-order valence-electron chi connectivity index (χ3n) is 3.07. The molecule has 7 nitrogen and oxygen atoms in total. The number of pyridine rings is 1. The summed E-state index contributed by atoms with van der Waals surface area (Å²) >= 11 is 0. The van der Waals surface area contributed by atoms with Crippen molar-refractivity contribution < 1.29 is 9.90 Å². The number of aryl methyl sites for hydroxylation is 1. The molecule has 0 aliphatic rings. The van der Waals surface area contributed by atoms with Gasteiger partial charge in [-0.2, -0.15) is 0 Å². The van der Waals surface area contributed by atoms with E-state index in [2.05, 4.69) is 45.1 Å². The molecule has 0 fully saturated rings. The van der Waals surface area contributed by atoms with Crippen molar-refractivity contribution in [2.75, 3.05) is 23.8 Å². The molecule has 2 N–H and O–H groups in total. The van der Waals surface area contributed by atoms with Gasteiger partial charge in [0.15, 0.2) is 0 Å². The highest BCUT2D eigenvalue weighted by molar-refractivity contribution is 5.48. The molecular formula is C15H21N5O2.